The van der Waals surface area contributed by atoms with Crippen molar-refractivity contribution in [2.24, 2.45) is 0 Å². The van der Waals surface area contributed by atoms with Gasteiger partial charge < -0.3 is 15.7 Å². The van der Waals surface area contributed by atoms with Gasteiger partial charge in [0.1, 0.15) is 17.5 Å². The minimum Gasteiger partial charge on any atom is -0.505 e. The van der Waals surface area contributed by atoms with Gasteiger partial charge in [0.25, 0.3) is 5.91 Å². The number of anilines is 2. The Kier molecular flexibility index (Phi) is 5.54. The Morgan fingerprint density at radius 1 is 1.22 bits per heavy atom. The third kappa shape index (κ3) is 3.76. The summed E-state index contributed by atoms with van der Waals surface area (Å²) in [6, 6.07) is 13.2. The van der Waals surface area contributed by atoms with Crippen molar-refractivity contribution in [2.75, 3.05) is 17.2 Å². The molecule has 0 aliphatic carbocycles. The molecule has 0 atom stereocenters. The van der Waals surface area contributed by atoms with E-state index in [0.717, 1.165) is 0 Å². The number of hydrogen-bond donors (Lipinski definition) is 2. The van der Waals surface area contributed by atoms with Gasteiger partial charge in [-0.2, -0.15) is 5.10 Å². The average Bonchev–Trinajstić information content (AvgIpc) is 3.46. The SMILES string of the molecule is [C-]#[N+]C(=C)C(=O)N(CCn1nc(-n2ccc3cc(O)c(F)cc32)c2c(N)ncnc21)c1ccccc1. The van der Waals surface area contributed by atoms with E-state index in [1.807, 2.05) is 6.07 Å². The Hall–Kier alpha value is -5.24. The number of phenols is 1. The molecule has 0 aliphatic rings. The van der Waals surface area contributed by atoms with E-state index in [-0.39, 0.29) is 24.6 Å². The van der Waals surface area contributed by atoms with Crippen LogP contribution in [0.25, 0.3) is 32.6 Å². The summed E-state index contributed by atoms with van der Waals surface area (Å²) in [7, 11) is 0. The Labute approximate surface area is 204 Å². The van der Waals surface area contributed by atoms with Crippen molar-refractivity contribution in [3.05, 3.63) is 90.6 Å². The van der Waals surface area contributed by atoms with Crippen LogP contribution in [0.5, 0.6) is 5.75 Å². The van der Waals surface area contributed by atoms with Crippen LogP contribution in [0.1, 0.15) is 0 Å². The predicted octanol–water partition coefficient (Wildman–Crippen LogP) is 3.66. The molecule has 2 aromatic carbocycles. The summed E-state index contributed by atoms with van der Waals surface area (Å²) >= 11 is 0. The molecule has 0 aliphatic heterocycles. The van der Waals surface area contributed by atoms with Crippen LogP contribution < -0.4 is 10.6 Å². The molecule has 5 rings (SSSR count). The maximum atomic E-state index is 14.2. The standard InChI is InChI=1S/C25H19FN8O2/c1-15(28-2)25(36)32(17-6-4-3-5-7-17)10-11-34-23-21(22(27)29-14-30-23)24(31-34)33-9-8-16-12-20(35)18(26)13-19(16)33/h3-9,12-14,35H,1,10-11H2,(H2,27,29,30). The summed E-state index contributed by atoms with van der Waals surface area (Å²) in [5, 5.41) is 15.5. The number of nitrogens with two attached hydrogens (primary N) is 1. The highest BCUT2D eigenvalue weighted by Gasteiger charge is 2.22. The van der Waals surface area contributed by atoms with Gasteiger partial charge in [-0.1, -0.05) is 24.8 Å². The molecule has 0 radical (unpaired) electrons. The Bertz CT molecular complexity index is 1680. The number of carbonyl (C=O) groups is 1. The minimum atomic E-state index is -0.771. The summed E-state index contributed by atoms with van der Waals surface area (Å²) in [5.41, 5.74) is 7.47. The van der Waals surface area contributed by atoms with Crippen LogP contribution in [0, 0.1) is 12.4 Å². The second-order valence-electron chi connectivity index (χ2n) is 7.90. The summed E-state index contributed by atoms with van der Waals surface area (Å²) in [4.78, 5) is 25.9. The third-order valence-corrected chi connectivity index (χ3v) is 5.76. The van der Waals surface area contributed by atoms with Gasteiger partial charge >= 0.3 is 0 Å². The third-order valence-electron chi connectivity index (χ3n) is 5.76. The largest absolute Gasteiger partial charge is 0.505 e. The zero-order valence-corrected chi connectivity index (χ0v) is 18.8. The summed E-state index contributed by atoms with van der Waals surface area (Å²) in [5.74, 6) is -1.20. The molecule has 0 spiro atoms. The molecule has 3 heterocycles. The first-order valence-corrected chi connectivity index (χ1v) is 10.8. The number of fused-ring (bicyclic) bond motifs is 2. The van der Waals surface area contributed by atoms with E-state index in [2.05, 4.69) is 26.5 Å². The molecule has 36 heavy (non-hydrogen) atoms. The fraction of sp³-hybridized carbons (Fsp3) is 0.0800. The maximum Gasteiger partial charge on any atom is 0.256 e. The molecular formula is C25H19FN8O2. The summed E-state index contributed by atoms with van der Waals surface area (Å²) in [6.45, 7) is 11.1. The molecule has 0 fully saturated rings. The van der Waals surface area contributed by atoms with Crippen molar-refractivity contribution in [1.29, 1.82) is 0 Å². The molecule has 0 saturated heterocycles. The van der Waals surface area contributed by atoms with Gasteiger partial charge in [-0.15, -0.1) is 0 Å². The smallest absolute Gasteiger partial charge is 0.256 e. The first-order chi connectivity index (χ1) is 17.4. The van der Waals surface area contributed by atoms with Gasteiger partial charge in [-0.3, -0.25) is 9.36 Å². The van der Waals surface area contributed by atoms with Crippen LogP contribution in [0.2, 0.25) is 0 Å². The van der Waals surface area contributed by atoms with Crippen LogP contribution in [-0.2, 0) is 11.3 Å². The van der Waals surface area contributed by atoms with Crippen LogP contribution in [-0.4, -0.2) is 41.9 Å². The molecule has 0 saturated carbocycles. The van der Waals surface area contributed by atoms with E-state index in [9.17, 15) is 14.3 Å². The van der Waals surface area contributed by atoms with Crippen molar-refractivity contribution >= 4 is 39.3 Å². The molecule has 1 amide bonds. The second-order valence-corrected chi connectivity index (χ2v) is 7.90. The number of halogens is 1. The maximum absolute atomic E-state index is 14.2. The molecule has 0 unspecified atom stereocenters. The first kappa shape index (κ1) is 22.5. The van der Waals surface area contributed by atoms with Crippen LogP contribution in [0.4, 0.5) is 15.9 Å². The van der Waals surface area contributed by atoms with E-state index in [4.69, 9.17) is 12.3 Å². The zero-order chi connectivity index (χ0) is 25.4. The van der Waals surface area contributed by atoms with Crippen molar-refractivity contribution in [3.63, 3.8) is 0 Å². The Morgan fingerprint density at radius 2 is 2.00 bits per heavy atom. The molecule has 11 heteroatoms. The molecule has 3 N–H and O–H groups in total. The van der Waals surface area contributed by atoms with Gasteiger partial charge in [0.05, 0.1) is 18.6 Å². The molecule has 3 aromatic heterocycles. The van der Waals surface area contributed by atoms with E-state index in [0.29, 0.717) is 33.4 Å². The number of benzene rings is 2. The number of rotatable bonds is 6. The van der Waals surface area contributed by atoms with Crippen molar-refractivity contribution in [2.45, 2.75) is 6.54 Å². The highest BCUT2D eigenvalue weighted by atomic mass is 19.1. The van der Waals surface area contributed by atoms with Gasteiger partial charge in [0.2, 0.25) is 5.70 Å². The summed E-state index contributed by atoms with van der Waals surface area (Å²) in [6.07, 6.45) is 2.99. The lowest BCUT2D eigenvalue weighted by Gasteiger charge is -2.22. The van der Waals surface area contributed by atoms with Crippen LogP contribution >= 0.6 is 0 Å². The van der Waals surface area contributed by atoms with Gasteiger partial charge in [-0.05, 0) is 24.3 Å². The van der Waals surface area contributed by atoms with Crippen LogP contribution in [0.15, 0.2) is 73.3 Å². The number of phenolic OH excluding ortho intramolecular Hbond substituents is 1. The average molecular weight is 482 g/mol. The minimum absolute atomic E-state index is 0.159. The Balaban J connectivity index is 1.59. The fourth-order valence-electron chi connectivity index (χ4n) is 4.02. The van der Waals surface area contributed by atoms with E-state index >= 15 is 0 Å². The molecule has 0 bridgehead atoms. The highest BCUT2D eigenvalue weighted by Crippen LogP contribution is 2.31. The number of nitrogens with zero attached hydrogens (tertiary/aromatic N) is 7. The lowest BCUT2D eigenvalue weighted by Crippen LogP contribution is -2.34. The highest BCUT2D eigenvalue weighted by molar-refractivity contribution is 6.06. The number of carbonyl (C=O) groups excluding carboxylic acids is 1. The lowest BCUT2D eigenvalue weighted by molar-refractivity contribution is -0.114. The van der Waals surface area contributed by atoms with Gasteiger partial charge in [-0.25, -0.2) is 23.9 Å². The van der Waals surface area contributed by atoms with Crippen LogP contribution in [0.3, 0.4) is 0 Å². The fourth-order valence-corrected chi connectivity index (χ4v) is 4.02. The van der Waals surface area contributed by atoms with Gasteiger partial charge in [0, 0.05) is 29.9 Å². The lowest BCUT2D eigenvalue weighted by atomic mass is 10.2. The van der Waals surface area contributed by atoms with Gasteiger partial charge in [0.15, 0.2) is 23.0 Å². The number of para-hydroxylation sites is 1. The predicted molar refractivity (Wildman–Crippen MR) is 133 cm³/mol. The van der Waals surface area contributed by atoms with E-state index in [1.54, 1.807) is 45.8 Å². The second kappa shape index (κ2) is 8.84. The van der Waals surface area contributed by atoms with E-state index in [1.165, 1.54) is 23.4 Å². The first-order valence-electron chi connectivity index (χ1n) is 10.8. The topological polar surface area (TPSA) is 119 Å². The molecule has 178 valence electrons. The molecular weight excluding hydrogens is 463 g/mol. The van der Waals surface area contributed by atoms with E-state index < -0.39 is 17.5 Å². The number of aromatic hydroxyl groups is 1. The summed E-state index contributed by atoms with van der Waals surface area (Å²) < 4.78 is 17.4. The number of hydrogen-bond acceptors (Lipinski definition) is 6. The normalized spacial score (nSPS) is 11.0. The number of aromatic nitrogens is 5. The van der Waals surface area contributed by atoms with Crippen molar-refractivity contribution in [1.82, 2.24) is 24.3 Å². The molecule has 5 aromatic rings. The monoisotopic (exact) mass is 482 g/mol. The quantitative estimate of drug-likeness (QED) is 0.282. The Morgan fingerprint density at radius 3 is 2.75 bits per heavy atom. The molecule has 10 nitrogen and oxygen atoms in total. The number of nitrogen functional groups attached to an aromatic ring is 1. The zero-order valence-electron chi connectivity index (χ0n) is 18.8. The van der Waals surface area contributed by atoms with Crippen molar-refractivity contribution in [3.8, 4) is 11.6 Å². The van der Waals surface area contributed by atoms with Crippen molar-refractivity contribution < 1.29 is 14.3 Å². The number of amides is 1.